The molecule has 2 saturated heterocycles. The van der Waals surface area contributed by atoms with Crippen LogP contribution < -0.4 is 0 Å². The molecule has 2 aliphatic heterocycles. The van der Waals surface area contributed by atoms with Crippen molar-refractivity contribution in [1.82, 2.24) is 9.80 Å². The Bertz CT molecular complexity index is 510. The Morgan fingerprint density at radius 3 is 2.90 bits per heavy atom. The second-order valence-corrected chi connectivity index (χ2v) is 6.65. The quantitative estimate of drug-likeness (QED) is 0.797. The summed E-state index contributed by atoms with van der Waals surface area (Å²) in [5.74, 6) is 0.331. The molecule has 1 aromatic heterocycles. The predicted octanol–water partition coefficient (Wildman–Crippen LogP) is 2.37. The Balaban J connectivity index is 1.79. The van der Waals surface area contributed by atoms with Gasteiger partial charge in [0.1, 0.15) is 0 Å². The molecule has 108 valence electrons. The van der Waals surface area contributed by atoms with Gasteiger partial charge in [0.2, 0.25) is 5.91 Å². The number of hydrogen-bond donors (Lipinski definition) is 0. The van der Waals surface area contributed by atoms with E-state index in [4.69, 9.17) is 0 Å². The van der Waals surface area contributed by atoms with Gasteiger partial charge in [-0.3, -0.25) is 9.59 Å². The van der Waals surface area contributed by atoms with Gasteiger partial charge in [-0.2, -0.15) is 11.3 Å². The molecule has 0 aliphatic carbocycles. The third-order valence-corrected chi connectivity index (χ3v) is 5.41. The van der Waals surface area contributed by atoms with E-state index in [-0.39, 0.29) is 17.4 Å². The van der Waals surface area contributed by atoms with Gasteiger partial charge in [-0.15, -0.1) is 0 Å². The molecule has 20 heavy (non-hydrogen) atoms. The van der Waals surface area contributed by atoms with Crippen LogP contribution >= 0.6 is 11.3 Å². The number of carbonyl (C=O) groups is 2. The Hall–Kier alpha value is -1.36. The van der Waals surface area contributed by atoms with Crippen LogP contribution in [-0.2, 0) is 4.79 Å². The highest BCUT2D eigenvalue weighted by Gasteiger charge is 2.44. The summed E-state index contributed by atoms with van der Waals surface area (Å²) < 4.78 is 0. The summed E-state index contributed by atoms with van der Waals surface area (Å²) >= 11 is 1.55. The highest BCUT2D eigenvalue weighted by molar-refractivity contribution is 7.08. The van der Waals surface area contributed by atoms with Crippen LogP contribution in [0.1, 0.15) is 42.5 Å². The number of carbonyl (C=O) groups excluding carboxylic acids is 2. The zero-order valence-electron chi connectivity index (χ0n) is 11.8. The molecular formula is C15H20N2O2S. The number of thiophene rings is 1. The summed E-state index contributed by atoms with van der Waals surface area (Å²) in [5, 5.41) is 3.84. The van der Waals surface area contributed by atoms with Crippen LogP contribution in [0.25, 0.3) is 0 Å². The smallest absolute Gasteiger partial charge is 0.254 e. The summed E-state index contributed by atoms with van der Waals surface area (Å²) in [6.45, 7) is 1.49. The average molecular weight is 292 g/mol. The number of rotatable bonds is 1. The first-order valence-electron chi connectivity index (χ1n) is 7.21. The van der Waals surface area contributed by atoms with Crippen molar-refractivity contribution in [2.24, 2.45) is 0 Å². The van der Waals surface area contributed by atoms with E-state index in [0.717, 1.165) is 37.8 Å². The molecule has 1 aromatic rings. The van der Waals surface area contributed by atoms with Gasteiger partial charge >= 0.3 is 0 Å². The number of likely N-dealkylation sites (N-methyl/N-ethyl adjacent to an activating group) is 1. The molecule has 0 unspecified atom stereocenters. The topological polar surface area (TPSA) is 40.6 Å². The van der Waals surface area contributed by atoms with E-state index in [9.17, 15) is 9.59 Å². The third kappa shape index (κ3) is 2.24. The van der Waals surface area contributed by atoms with Gasteiger partial charge in [0.15, 0.2) is 0 Å². The van der Waals surface area contributed by atoms with Crippen LogP contribution in [0.3, 0.4) is 0 Å². The van der Waals surface area contributed by atoms with Gasteiger partial charge in [0.05, 0.1) is 11.1 Å². The number of hydrogen-bond acceptors (Lipinski definition) is 3. The van der Waals surface area contributed by atoms with E-state index in [2.05, 4.69) is 0 Å². The molecule has 2 fully saturated rings. The molecule has 1 spiro atoms. The predicted molar refractivity (Wildman–Crippen MR) is 78.8 cm³/mol. The lowest BCUT2D eigenvalue weighted by Gasteiger charge is -2.50. The first-order valence-corrected chi connectivity index (χ1v) is 8.15. The molecule has 0 radical (unpaired) electrons. The Kier molecular flexibility index (Phi) is 3.54. The number of nitrogens with zero attached hydrogens (tertiary/aromatic N) is 2. The highest BCUT2D eigenvalue weighted by Crippen LogP contribution is 2.36. The minimum atomic E-state index is -0.126. The van der Waals surface area contributed by atoms with Gasteiger partial charge in [0, 0.05) is 31.9 Å². The van der Waals surface area contributed by atoms with E-state index in [1.165, 1.54) is 0 Å². The Morgan fingerprint density at radius 2 is 2.15 bits per heavy atom. The standard InChI is InChI=1S/C15H20N2O2S/c1-16-13(18)4-2-6-15(16)7-3-8-17(11-15)14(19)12-5-9-20-10-12/h5,9-10H,2-4,6-8,11H2,1H3/t15-/m0/s1. The van der Waals surface area contributed by atoms with Crippen molar-refractivity contribution < 1.29 is 9.59 Å². The van der Waals surface area contributed by atoms with Crippen molar-refractivity contribution in [3.05, 3.63) is 22.4 Å². The van der Waals surface area contributed by atoms with Gasteiger partial charge in [-0.05, 0) is 37.1 Å². The first-order chi connectivity index (χ1) is 9.62. The van der Waals surface area contributed by atoms with E-state index >= 15 is 0 Å². The van der Waals surface area contributed by atoms with Crippen LogP contribution in [0.4, 0.5) is 0 Å². The third-order valence-electron chi connectivity index (χ3n) is 4.73. The van der Waals surface area contributed by atoms with Crippen molar-refractivity contribution in [2.45, 2.75) is 37.6 Å². The largest absolute Gasteiger partial charge is 0.338 e. The number of likely N-dealkylation sites (tertiary alicyclic amines) is 2. The maximum atomic E-state index is 12.5. The minimum Gasteiger partial charge on any atom is -0.338 e. The second-order valence-electron chi connectivity index (χ2n) is 5.87. The molecule has 0 saturated carbocycles. The number of piperidine rings is 2. The fourth-order valence-corrected chi connectivity index (χ4v) is 4.13. The summed E-state index contributed by atoms with van der Waals surface area (Å²) in [4.78, 5) is 28.3. The van der Waals surface area contributed by atoms with Crippen LogP contribution in [0.5, 0.6) is 0 Å². The van der Waals surface area contributed by atoms with E-state index < -0.39 is 0 Å². The lowest BCUT2D eigenvalue weighted by molar-refractivity contribution is -0.142. The maximum absolute atomic E-state index is 12.5. The normalized spacial score (nSPS) is 27.1. The molecule has 3 heterocycles. The summed E-state index contributed by atoms with van der Waals surface area (Å²) in [5.41, 5.74) is 0.649. The Labute approximate surface area is 123 Å². The van der Waals surface area contributed by atoms with E-state index in [1.807, 2.05) is 33.7 Å². The van der Waals surface area contributed by atoms with Crippen molar-refractivity contribution in [2.75, 3.05) is 20.1 Å². The van der Waals surface area contributed by atoms with Crippen molar-refractivity contribution in [3.8, 4) is 0 Å². The molecule has 4 nitrogen and oxygen atoms in total. The van der Waals surface area contributed by atoms with Gasteiger partial charge in [-0.1, -0.05) is 0 Å². The zero-order chi connectivity index (χ0) is 14.2. The van der Waals surface area contributed by atoms with Gasteiger partial charge < -0.3 is 9.80 Å². The molecule has 0 N–H and O–H groups in total. The molecule has 0 bridgehead atoms. The van der Waals surface area contributed by atoms with Crippen LogP contribution in [0, 0.1) is 0 Å². The number of amides is 2. The van der Waals surface area contributed by atoms with Crippen LogP contribution in [0.15, 0.2) is 16.8 Å². The van der Waals surface area contributed by atoms with Crippen LogP contribution in [-0.4, -0.2) is 47.3 Å². The van der Waals surface area contributed by atoms with Gasteiger partial charge in [0.25, 0.3) is 5.91 Å². The van der Waals surface area contributed by atoms with Gasteiger partial charge in [-0.25, -0.2) is 0 Å². The second kappa shape index (κ2) is 5.20. The molecule has 1 atom stereocenters. The molecular weight excluding hydrogens is 272 g/mol. The lowest BCUT2D eigenvalue weighted by atomic mass is 9.80. The summed E-state index contributed by atoms with van der Waals surface area (Å²) in [7, 11) is 1.90. The monoisotopic (exact) mass is 292 g/mol. The van der Waals surface area contributed by atoms with Crippen molar-refractivity contribution >= 4 is 23.2 Å². The summed E-state index contributed by atoms with van der Waals surface area (Å²) in [6.07, 6.45) is 4.61. The Morgan fingerprint density at radius 1 is 1.35 bits per heavy atom. The first kappa shape index (κ1) is 13.6. The lowest BCUT2D eigenvalue weighted by Crippen LogP contribution is -2.61. The average Bonchev–Trinajstić information content (AvgIpc) is 2.98. The molecule has 2 aliphatic rings. The van der Waals surface area contributed by atoms with E-state index in [0.29, 0.717) is 13.0 Å². The van der Waals surface area contributed by atoms with Crippen molar-refractivity contribution in [3.63, 3.8) is 0 Å². The molecule has 3 rings (SSSR count). The fourth-order valence-electron chi connectivity index (χ4n) is 3.50. The fraction of sp³-hybridized carbons (Fsp3) is 0.600. The SMILES string of the molecule is CN1C(=O)CCC[C@@]12CCCN(C(=O)c1ccsc1)C2. The van der Waals surface area contributed by atoms with E-state index in [1.54, 1.807) is 11.3 Å². The minimum absolute atomic E-state index is 0.108. The molecule has 5 heteroatoms. The van der Waals surface area contributed by atoms with Crippen molar-refractivity contribution in [1.29, 1.82) is 0 Å². The molecule has 0 aromatic carbocycles. The maximum Gasteiger partial charge on any atom is 0.254 e. The molecule has 2 amide bonds. The van der Waals surface area contributed by atoms with Crippen LogP contribution in [0.2, 0.25) is 0 Å². The highest BCUT2D eigenvalue weighted by atomic mass is 32.1. The zero-order valence-corrected chi connectivity index (χ0v) is 12.6. The summed E-state index contributed by atoms with van der Waals surface area (Å²) in [6, 6.07) is 1.88.